The second-order valence-corrected chi connectivity index (χ2v) is 4.89. The summed E-state index contributed by atoms with van der Waals surface area (Å²) in [4.78, 5) is 23.1. The van der Waals surface area contributed by atoms with Gasteiger partial charge in [-0.3, -0.25) is 0 Å². The first-order valence-corrected chi connectivity index (χ1v) is 6.23. The van der Waals surface area contributed by atoms with Crippen molar-refractivity contribution in [3.63, 3.8) is 0 Å². The molecule has 0 bridgehead atoms. The first-order chi connectivity index (χ1) is 9.59. The number of carbonyl (C=O) groups is 2. The van der Waals surface area contributed by atoms with Gasteiger partial charge in [0.2, 0.25) is 0 Å². The monoisotopic (exact) mass is 310 g/mol. The van der Waals surface area contributed by atoms with Gasteiger partial charge in [-0.2, -0.15) is 0 Å². The van der Waals surface area contributed by atoms with E-state index in [0.29, 0.717) is 0 Å². The van der Waals surface area contributed by atoms with E-state index in [0.717, 1.165) is 20.8 Å². The minimum Gasteiger partial charge on any atom is -0.420 e. The van der Waals surface area contributed by atoms with E-state index >= 15 is 0 Å². The normalized spacial score (nSPS) is 17.5. The van der Waals surface area contributed by atoms with Gasteiger partial charge in [0.05, 0.1) is 19.8 Å². The van der Waals surface area contributed by atoms with E-state index in [1.165, 1.54) is 0 Å². The lowest BCUT2D eigenvalue weighted by molar-refractivity contribution is -0.290. The van der Waals surface area contributed by atoms with Crippen LogP contribution < -0.4 is 0 Å². The molecule has 0 saturated heterocycles. The molecule has 0 aromatic rings. The van der Waals surface area contributed by atoms with Gasteiger partial charge in [-0.1, -0.05) is 0 Å². The van der Waals surface area contributed by atoms with E-state index in [4.69, 9.17) is 19.7 Å². The zero-order valence-electron chi connectivity index (χ0n) is 12.1. The van der Waals surface area contributed by atoms with Crippen LogP contribution >= 0.6 is 0 Å². The smallest absolute Gasteiger partial charge is 0.337 e. The topological polar surface area (TPSA) is 154 Å². The predicted molar refractivity (Wildman–Crippen MR) is 67.6 cm³/mol. The molecular formula is C12H22O9. The second-order valence-electron chi connectivity index (χ2n) is 4.89. The van der Waals surface area contributed by atoms with Crippen LogP contribution in [0.1, 0.15) is 20.8 Å². The molecule has 0 radical (unpaired) electrons. The van der Waals surface area contributed by atoms with Crippen molar-refractivity contribution in [2.45, 2.75) is 38.8 Å². The zero-order chi connectivity index (χ0) is 16.8. The van der Waals surface area contributed by atoms with E-state index in [1.54, 1.807) is 0 Å². The third-order valence-electron chi connectivity index (χ3n) is 3.14. The van der Waals surface area contributed by atoms with Gasteiger partial charge in [0.25, 0.3) is 5.79 Å². The van der Waals surface area contributed by atoms with Crippen molar-refractivity contribution >= 4 is 11.9 Å². The first kappa shape index (κ1) is 19.7. The van der Waals surface area contributed by atoms with Crippen molar-refractivity contribution in [2.24, 2.45) is 5.41 Å². The Morgan fingerprint density at radius 1 is 0.905 bits per heavy atom. The summed E-state index contributed by atoms with van der Waals surface area (Å²) in [6.07, 6.45) is -3.13. The summed E-state index contributed by atoms with van der Waals surface area (Å²) in [7, 11) is 0. The van der Waals surface area contributed by atoms with E-state index in [2.05, 4.69) is 0 Å². The molecule has 0 saturated carbocycles. The maximum atomic E-state index is 11.5. The highest BCUT2D eigenvalue weighted by Gasteiger charge is 2.55. The number of rotatable bonds is 8. The van der Waals surface area contributed by atoms with Crippen LogP contribution in [0.25, 0.3) is 0 Å². The molecule has 0 amide bonds. The number of aliphatic hydroxyl groups excluding tert-OH is 5. The van der Waals surface area contributed by atoms with Gasteiger partial charge in [0, 0.05) is 6.92 Å². The van der Waals surface area contributed by atoms with Crippen molar-refractivity contribution in [3.05, 3.63) is 0 Å². The number of hydrogen-bond acceptors (Lipinski definition) is 9. The largest absolute Gasteiger partial charge is 0.420 e. The highest BCUT2D eigenvalue weighted by molar-refractivity contribution is 5.76. The van der Waals surface area contributed by atoms with Crippen LogP contribution in [0, 0.1) is 5.41 Å². The van der Waals surface area contributed by atoms with Gasteiger partial charge in [-0.05, 0) is 13.8 Å². The van der Waals surface area contributed by atoms with Gasteiger partial charge in [0.15, 0.2) is 0 Å². The molecule has 0 aliphatic carbocycles. The minimum absolute atomic E-state index is 0.892. The summed E-state index contributed by atoms with van der Waals surface area (Å²) in [5, 5.41) is 46.5. The molecule has 0 aliphatic rings. The summed E-state index contributed by atoms with van der Waals surface area (Å²) in [5.74, 6) is -4.70. The summed E-state index contributed by atoms with van der Waals surface area (Å²) in [6, 6.07) is 0. The maximum Gasteiger partial charge on any atom is 0.337 e. The average molecular weight is 310 g/mol. The van der Waals surface area contributed by atoms with Gasteiger partial charge in [0.1, 0.15) is 17.6 Å². The molecule has 21 heavy (non-hydrogen) atoms. The van der Waals surface area contributed by atoms with Crippen LogP contribution in [-0.2, 0) is 19.1 Å². The molecule has 5 N–H and O–H groups in total. The second kappa shape index (κ2) is 7.66. The van der Waals surface area contributed by atoms with E-state index in [1.807, 2.05) is 0 Å². The Morgan fingerprint density at radius 2 is 1.19 bits per heavy atom. The summed E-state index contributed by atoms with van der Waals surface area (Å²) in [6.45, 7) is 0.537. The standard InChI is InChI=1S/C12H22O9/c1-7(16)9(18)20-11(3,21-10(19)8(2)17)12(4-13,5-14)6-15/h7-8,13-17H,4-6H2,1-3H3. The van der Waals surface area contributed by atoms with Crippen LogP contribution in [0.5, 0.6) is 0 Å². The molecule has 9 heteroatoms. The van der Waals surface area contributed by atoms with Crippen molar-refractivity contribution in [1.82, 2.24) is 0 Å². The minimum atomic E-state index is -2.30. The Hall–Kier alpha value is -1.26. The van der Waals surface area contributed by atoms with Crippen LogP contribution in [0.4, 0.5) is 0 Å². The molecule has 0 spiro atoms. The fourth-order valence-electron chi connectivity index (χ4n) is 1.37. The third-order valence-corrected chi connectivity index (χ3v) is 3.14. The van der Waals surface area contributed by atoms with Crippen LogP contribution in [-0.4, -0.2) is 75.3 Å². The zero-order valence-corrected chi connectivity index (χ0v) is 12.1. The number of esters is 2. The van der Waals surface area contributed by atoms with Gasteiger partial charge in [-0.25, -0.2) is 9.59 Å². The van der Waals surface area contributed by atoms with Crippen molar-refractivity contribution in [2.75, 3.05) is 19.8 Å². The number of hydrogen-bond donors (Lipinski definition) is 5. The van der Waals surface area contributed by atoms with Crippen LogP contribution in [0.15, 0.2) is 0 Å². The SMILES string of the molecule is CC(O)C(=O)OC(C)(OC(=O)C(C)O)C(CO)(CO)CO. The highest BCUT2D eigenvalue weighted by Crippen LogP contribution is 2.36. The van der Waals surface area contributed by atoms with E-state index in [9.17, 15) is 24.9 Å². The quantitative estimate of drug-likeness (QED) is 0.242. The fraction of sp³-hybridized carbons (Fsp3) is 0.833. The lowest BCUT2D eigenvalue weighted by atomic mass is 9.81. The average Bonchev–Trinajstić information content (AvgIpc) is 2.40. The van der Waals surface area contributed by atoms with Crippen LogP contribution in [0.3, 0.4) is 0 Å². The first-order valence-electron chi connectivity index (χ1n) is 6.23. The van der Waals surface area contributed by atoms with Crippen molar-refractivity contribution in [1.29, 1.82) is 0 Å². The third kappa shape index (κ3) is 4.35. The molecule has 0 rings (SSSR count). The molecule has 0 heterocycles. The molecule has 0 aromatic heterocycles. The van der Waals surface area contributed by atoms with Crippen LogP contribution in [0.2, 0.25) is 0 Å². The van der Waals surface area contributed by atoms with E-state index < -0.39 is 55.2 Å². The predicted octanol–water partition coefficient (Wildman–Crippen LogP) is -2.49. The lowest BCUT2D eigenvalue weighted by Gasteiger charge is -2.43. The molecule has 0 aromatic carbocycles. The molecule has 2 atom stereocenters. The molecule has 2 unspecified atom stereocenters. The Morgan fingerprint density at radius 3 is 1.38 bits per heavy atom. The maximum absolute atomic E-state index is 11.5. The summed E-state index contributed by atoms with van der Waals surface area (Å²) >= 11 is 0. The highest BCUT2D eigenvalue weighted by atomic mass is 16.7. The molecule has 9 nitrogen and oxygen atoms in total. The summed E-state index contributed by atoms with van der Waals surface area (Å²) < 4.78 is 9.67. The number of aliphatic hydroxyl groups is 5. The molecule has 0 fully saturated rings. The van der Waals surface area contributed by atoms with Crippen molar-refractivity contribution in [3.8, 4) is 0 Å². The van der Waals surface area contributed by atoms with Gasteiger partial charge in [-0.15, -0.1) is 0 Å². The lowest BCUT2D eigenvalue weighted by Crippen LogP contribution is -2.59. The Kier molecular flexibility index (Phi) is 7.20. The van der Waals surface area contributed by atoms with Gasteiger partial charge < -0.3 is 35.0 Å². The Balaban J connectivity index is 5.63. The molecule has 124 valence electrons. The summed E-state index contributed by atoms with van der Waals surface area (Å²) in [5.41, 5.74) is -1.93. The van der Waals surface area contributed by atoms with Gasteiger partial charge >= 0.3 is 11.9 Å². The van der Waals surface area contributed by atoms with Crippen molar-refractivity contribution < 1.29 is 44.6 Å². The van der Waals surface area contributed by atoms with E-state index in [-0.39, 0.29) is 0 Å². The number of carbonyl (C=O) groups excluding carboxylic acids is 2. The molecular weight excluding hydrogens is 288 g/mol. The number of ether oxygens (including phenoxy) is 2. The molecule has 0 aliphatic heterocycles. The Labute approximate surface area is 121 Å². The Bertz CT molecular complexity index is 329. The fourth-order valence-corrected chi connectivity index (χ4v) is 1.37.